The van der Waals surface area contributed by atoms with E-state index in [0.29, 0.717) is 0 Å². The standard InChI is InChI=1S/C7H9F3N2O2/c1-6(4-11,14-5(12)13)2-3-7(8,9)10/h2-3H2,1H3,(H2,12,13). The van der Waals surface area contributed by atoms with Crippen molar-refractivity contribution in [3.63, 3.8) is 0 Å². The van der Waals surface area contributed by atoms with Crippen molar-refractivity contribution in [2.45, 2.75) is 31.5 Å². The molecule has 0 saturated heterocycles. The van der Waals surface area contributed by atoms with Gasteiger partial charge in [0.15, 0.2) is 5.60 Å². The summed E-state index contributed by atoms with van der Waals surface area (Å²) in [5.41, 5.74) is 2.78. The van der Waals surface area contributed by atoms with E-state index in [-0.39, 0.29) is 0 Å². The van der Waals surface area contributed by atoms with E-state index in [1.165, 1.54) is 6.07 Å². The number of halogens is 3. The summed E-state index contributed by atoms with van der Waals surface area (Å²) in [7, 11) is 0. The SMILES string of the molecule is CC(C#N)(CCC(F)(F)F)OC(N)=O. The molecular weight excluding hydrogens is 201 g/mol. The van der Waals surface area contributed by atoms with Crippen LogP contribution < -0.4 is 5.73 Å². The second kappa shape index (κ2) is 4.17. The third kappa shape index (κ3) is 5.24. The summed E-state index contributed by atoms with van der Waals surface area (Å²) < 4.78 is 39.6. The smallest absolute Gasteiger partial charge is 0.406 e. The normalized spacial score (nSPS) is 15.4. The number of amides is 1. The molecule has 0 radical (unpaired) electrons. The molecule has 1 unspecified atom stereocenters. The molecule has 0 aliphatic carbocycles. The third-order valence-corrected chi connectivity index (χ3v) is 1.45. The number of hydrogen-bond donors (Lipinski definition) is 1. The predicted molar refractivity (Wildman–Crippen MR) is 40.0 cm³/mol. The van der Waals surface area contributed by atoms with Gasteiger partial charge in [0.25, 0.3) is 0 Å². The average Bonchev–Trinajstić information content (AvgIpc) is 1.99. The number of carbonyl (C=O) groups is 1. The molecule has 1 amide bonds. The highest BCUT2D eigenvalue weighted by Crippen LogP contribution is 2.27. The summed E-state index contributed by atoms with van der Waals surface area (Å²) >= 11 is 0. The molecule has 0 saturated carbocycles. The molecule has 0 heterocycles. The fraction of sp³-hybridized carbons (Fsp3) is 0.714. The Balaban J connectivity index is 4.29. The highest BCUT2D eigenvalue weighted by molar-refractivity contribution is 5.65. The molecule has 2 N–H and O–H groups in total. The molecule has 0 rings (SSSR count). The third-order valence-electron chi connectivity index (χ3n) is 1.45. The second-order valence-electron chi connectivity index (χ2n) is 2.88. The van der Waals surface area contributed by atoms with Gasteiger partial charge in [0.1, 0.15) is 6.07 Å². The monoisotopic (exact) mass is 210 g/mol. The summed E-state index contributed by atoms with van der Waals surface area (Å²) in [6, 6.07) is 1.46. The number of nitriles is 1. The van der Waals surface area contributed by atoms with E-state index in [9.17, 15) is 18.0 Å². The molecule has 80 valence electrons. The molecule has 0 aromatic heterocycles. The van der Waals surface area contributed by atoms with Crippen LogP contribution in [0.3, 0.4) is 0 Å². The maximum absolute atomic E-state index is 11.8. The molecule has 0 spiro atoms. The molecule has 7 heteroatoms. The Bertz CT molecular complexity index is 259. The minimum Gasteiger partial charge on any atom is -0.428 e. The first-order chi connectivity index (χ1) is 6.18. The van der Waals surface area contributed by atoms with Crippen molar-refractivity contribution in [1.29, 1.82) is 5.26 Å². The number of hydrogen-bond acceptors (Lipinski definition) is 3. The van der Waals surface area contributed by atoms with Crippen molar-refractivity contribution in [3.05, 3.63) is 0 Å². The summed E-state index contributed by atoms with van der Waals surface area (Å²) in [5, 5.41) is 8.48. The van der Waals surface area contributed by atoms with Gasteiger partial charge in [-0.15, -0.1) is 0 Å². The van der Waals surface area contributed by atoms with E-state index in [4.69, 9.17) is 5.26 Å². The van der Waals surface area contributed by atoms with Gasteiger partial charge in [-0.3, -0.25) is 0 Å². The zero-order valence-corrected chi connectivity index (χ0v) is 7.39. The number of primary amides is 1. The van der Waals surface area contributed by atoms with Gasteiger partial charge in [0, 0.05) is 12.8 Å². The Kier molecular flexibility index (Phi) is 3.74. The van der Waals surface area contributed by atoms with Gasteiger partial charge >= 0.3 is 12.3 Å². The molecule has 14 heavy (non-hydrogen) atoms. The van der Waals surface area contributed by atoms with Gasteiger partial charge in [0.2, 0.25) is 0 Å². The van der Waals surface area contributed by atoms with E-state index >= 15 is 0 Å². The van der Waals surface area contributed by atoms with Crippen LogP contribution in [-0.4, -0.2) is 17.9 Å². The van der Waals surface area contributed by atoms with Gasteiger partial charge in [-0.2, -0.15) is 18.4 Å². The van der Waals surface area contributed by atoms with Gasteiger partial charge in [-0.1, -0.05) is 0 Å². The molecule has 0 aromatic rings. The lowest BCUT2D eigenvalue weighted by Crippen LogP contribution is -2.34. The maximum atomic E-state index is 11.8. The van der Waals surface area contributed by atoms with Crippen molar-refractivity contribution in [2.24, 2.45) is 5.73 Å². The van der Waals surface area contributed by atoms with Crippen LogP contribution in [0.15, 0.2) is 0 Å². The van der Waals surface area contributed by atoms with Crippen LogP contribution in [-0.2, 0) is 4.74 Å². The van der Waals surface area contributed by atoms with Crippen LogP contribution in [0.1, 0.15) is 19.8 Å². The fourth-order valence-electron chi connectivity index (χ4n) is 0.732. The van der Waals surface area contributed by atoms with Crippen LogP contribution in [0.2, 0.25) is 0 Å². The number of alkyl halides is 3. The van der Waals surface area contributed by atoms with E-state index in [1.807, 2.05) is 0 Å². The second-order valence-corrected chi connectivity index (χ2v) is 2.88. The van der Waals surface area contributed by atoms with Crippen molar-refractivity contribution >= 4 is 6.09 Å². The first-order valence-corrected chi connectivity index (χ1v) is 3.65. The van der Waals surface area contributed by atoms with Gasteiger partial charge in [0.05, 0.1) is 0 Å². The summed E-state index contributed by atoms with van der Waals surface area (Å²) in [5.74, 6) is 0. The van der Waals surface area contributed by atoms with E-state index < -0.39 is 30.7 Å². The van der Waals surface area contributed by atoms with Crippen molar-refractivity contribution < 1.29 is 22.7 Å². The Morgan fingerprint density at radius 1 is 1.50 bits per heavy atom. The topological polar surface area (TPSA) is 76.1 Å². The minimum atomic E-state index is -4.39. The van der Waals surface area contributed by atoms with Gasteiger partial charge in [-0.25, -0.2) is 4.79 Å². The molecule has 0 aromatic carbocycles. The highest BCUT2D eigenvalue weighted by atomic mass is 19.4. The fourth-order valence-corrected chi connectivity index (χ4v) is 0.732. The number of rotatable bonds is 3. The van der Waals surface area contributed by atoms with E-state index in [2.05, 4.69) is 10.5 Å². The van der Waals surface area contributed by atoms with Crippen LogP contribution in [0, 0.1) is 11.3 Å². The molecular formula is C7H9F3N2O2. The van der Waals surface area contributed by atoms with Crippen molar-refractivity contribution in [3.8, 4) is 6.07 Å². The lowest BCUT2D eigenvalue weighted by atomic mass is 10.0. The Morgan fingerprint density at radius 2 is 2.00 bits per heavy atom. The number of carbonyl (C=O) groups excluding carboxylic acids is 1. The lowest BCUT2D eigenvalue weighted by Gasteiger charge is -2.21. The van der Waals surface area contributed by atoms with Crippen LogP contribution >= 0.6 is 0 Å². The summed E-state index contributed by atoms with van der Waals surface area (Å²) in [6.45, 7) is 1.07. The first-order valence-electron chi connectivity index (χ1n) is 3.65. The molecule has 4 nitrogen and oxygen atoms in total. The van der Waals surface area contributed by atoms with Crippen molar-refractivity contribution in [1.82, 2.24) is 0 Å². The predicted octanol–water partition coefficient (Wildman–Crippen LogP) is 1.71. The summed E-state index contributed by atoms with van der Waals surface area (Å²) in [4.78, 5) is 10.3. The van der Waals surface area contributed by atoms with Gasteiger partial charge in [-0.05, 0) is 6.92 Å². The molecule has 0 bridgehead atoms. The van der Waals surface area contributed by atoms with E-state index in [0.717, 1.165) is 6.92 Å². The molecule has 0 fully saturated rings. The maximum Gasteiger partial charge on any atom is 0.406 e. The zero-order chi connectivity index (χ0) is 11.4. The zero-order valence-electron chi connectivity index (χ0n) is 7.39. The number of nitrogens with zero attached hydrogens (tertiary/aromatic N) is 1. The largest absolute Gasteiger partial charge is 0.428 e. The quantitative estimate of drug-likeness (QED) is 0.770. The Labute approximate surface area is 78.4 Å². The first kappa shape index (κ1) is 12.6. The van der Waals surface area contributed by atoms with E-state index in [1.54, 1.807) is 0 Å². The van der Waals surface area contributed by atoms with Crippen LogP contribution in [0.5, 0.6) is 0 Å². The number of nitrogens with two attached hydrogens (primary N) is 1. The van der Waals surface area contributed by atoms with Crippen LogP contribution in [0.4, 0.5) is 18.0 Å². The highest BCUT2D eigenvalue weighted by Gasteiger charge is 2.35. The Morgan fingerprint density at radius 3 is 2.29 bits per heavy atom. The average molecular weight is 210 g/mol. The van der Waals surface area contributed by atoms with Crippen molar-refractivity contribution in [2.75, 3.05) is 0 Å². The lowest BCUT2D eigenvalue weighted by molar-refractivity contribution is -0.142. The molecule has 0 aliphatic heterocycles. The molecule has 1 atom stereocenters. The number of ether oxygens (including phenoxy) is 1. The molecule has 0 aliphatic rings. The van der Waals surface area contributed by atoms with Gasteiger partial charge < -0.3 is 10.5 Å². The Hall–Kier alpha value is -1.45. The summed E-state index contributed by atoms with van der Waals surface area (Å²) in [6.07, 6.45) is -7.49. The van der Waals surface area contributed by atoms with Crippen LogP contribution in [0.25, 0.3) is 0 Å². The minimum absolute atomic E-state index is 0.629.